The van der Waals surface area contributed by atoms with Gasteiger partial charge in [-0.05, 0) is 30.3 Å². The fourth-order valence-corrected chi connectivity index (χ4v) is 3.46. The zero-order chi connectivity index (χ0) is 21.0. The van der Waals surface area contributed by atoms with Gasteiger partial charge in [0.2, 0.25) is 0 Å². The second-order valence-corrected chi connectivity index (χ2v) is 7.04. The number of nitrogens with zero attached hydrogens (tertiary/aromatic N) is 2. The monoisotopic (exact) mass is 435 g/mol. The summed E-state index contributed by atoms with van der Waals surface area (Å²) in [5.74, 6) is 0.679. The van der Waals surface area contributed by atoms with Gasteiger partial charge in [0.25, 0.3) is 0 Å². The summed E-state index contributed by atoms with van der Waals surface area (Å²) in [5.41, 5.74) is 0.873. The lowest BCUT2D eigenvalue weighted by Crippen LogP contribution is -2.06. The van der Waals surface area contributed by atoms with Gasteiger partial charge in [0.05, 0.1) is 23.4 Å². The van der Waals surface area contributed by atoms with Crippen LogP contribution >= 0.6 is 22.9 Å². The highest BCUT2D eigenvalue weighted by molar-refractivity contribution is 7.11. The molecule has 0 fully saturated rings. The average molecular weight is 436 g/mol. The molecule has 0 aliphatic heterocycles. The predicted molar refractivity (Wildman–Crippen MR) is 108 cm³/mol. The van der Waals surface area contributed by atoms with E-state index in [0.29, 0.717) is 16.5 Å². The number of aromatic nitrogens is 1. The molecule has 1 heterocycles. The van der Waals surface area contributed by atoms with Crippen LogP contribution in [0.4, 0.5) is 18.9 Å². The van der Waals surface area contributed by atoms with E-state index in [1.165, 1.54) is 23.6 Å². The molecule has 2 aromatic carbocycles. The third-order valence-corrected chi connectivity index (χ3v) is 5.08. The topological polar surface area (TPSA) is 57.9 Å². The van der Waals surface area contributed by atoms with Crippen LogP contribution in [0.1, 0.15) is 10.6 Å². The first-order valence-electron chi connectivity index (χ1n) is 8.15. The first-order chi connectivity index (χ1) is 13.8. The number of thiazole rings is 1. The van der Waals surface area contributed by atoms with E-state index in [1.54, 1.807) is 12.5 Å². The van der Waals surface area contributed by atoms with Crippen molar-refractivity contribution in [2.45, 2.75) is 6.18 Å². The van der Waals surface area contributed by atoms with Crippen LogP contribution in [0.15, 0.2) is 54.0 Å². The van der Waals surface area contributed by atoms with Crippen LogP contribution in [0.25, 0.3) is 16.8 Å². The third kappa shape index (κ3) is 4.88. The summed E-state index contributed by atoms with van der Waals surface area (Å²) in [7, 11) is 1.56. The van der Waals surface area contributed by atoms with Crippen LogP contribution in [0.3, 0.4) is 0 Å². The summed E-state index contributed by atoms with van der Waals surface area (Å²) in [6.07, 6.45) is -3.25. The van der Waals surface area contributed by atoms with Crippen molar-refractivity contribution >= 4 is 34.2 Å². The van der Waals surface area contributed by atoms with Crippen LogP contribution in [-0.4, -0.2) is 12.1 Å². The molecule has 0 unspecified atom stereocenters. The Morgan fingerprint density at radius 1 is 1.28 bits per heavy atom. The molecule has 0 spiro atoms. The van der Waals surface area contributed by atoms with Gasteiger partial charge in [-0.15, -0.1) is 11.3 Å². The van der Waals surface area contributed by atoms with Crippen LogP contribution < -0.4 is 10.1 Å². The maximum absolute atomic E-state index is 13.0. The van der Waals surface area contributed by atoms with Gasteiger partial charge in [-0.1, -0.05) is 23.7 Å². The van der Waals surface area contributed by atoms with Crippen molar-refractivity contribution in [2.24, 2.45) is 0 Å². The molecular weight excluding hydrogens is 423 g/mol. The molecule has 0 radical (unpaired) electrons. The standard InChI is InChI=1S/C20H13ClF3N3OS/c1-28-15-4-2-3-12(7-15)18-11-29-19(27-18)13(9-25)10-26-14-5-6-17(21)16(8-14)20(22,23)24/h2-8,10-11,26H,1H3/b13-10-. The maximum Gasteiger partial charge on any atom is 0.417 e. The average Bonchev–Trinajstić information content (AvgIpc) is 3.19. The summed E-state index contributed by atoms with van der Waals surface area (Å²) >= 11 is 6.87. The van der Waals surface area contributed by atoms with E-state index in [2.05, 4.69) is 10.3 Å². The molecule has 4 nitrogen and oxygen atoms in total. The quantitative estimate of drug-likeness (QED) is 0.467. The van der Waals surface area contributed by atoms with Crippen LogP contribution in [0.2, 0.25) is 5.02 Å². The molecule has 3 rings (SSSR count). The van der Waals surface area contributed by atoms with Crippen molar-refractivity contribution in [1.29, 1.82) is 5.26 Å². The van der Waals surface area contributed by atoms with Gasteiger partial charge in [-0.25, -0.2) is 4.98 Å². The Kier molecular flexibility index (Phi) is 6.11. The Bertz CT molecular complexity index is 1100. The smallest absolute Gasteiger partial charge is 0.417 e. The van der Waals surface area contributed by atoms with Crippen molar-refractivity contribution in [3.63, 3.8) is 0 Å². The van der Waals surface area contributed by atoms with Gasteiger partial charge in [0.15, 0.2) is 0 Å². The lowest BCUT2D eigenvalue weighted by Gasteiger charge is -2.10. The molecule has 29 heavy (non-hydrogen) atoms. The number of rotatable bonds is 5. The molecule has 0 aliphatic carbocycles. The number of benzene rings is 2. The molecule has 9 heteroatoms. The number of methoxy groups -OCH3 is 1. The number of alkyl halides is 3. The van der Waals surface area contributed by atoms with Crippen molar-refractivity contribution in [2.75, 3.05) is 12.4 Å². The Balaban J connectivity index is 1.85. The molecule has 148 valence electrons. The fourth-order valence-electron chi connectivity index (χ4n) is 2.44. The third-order valence-electron chi connectivity index (χ3n) is 3.88. The zero-order valence-electron chi connectivity index (χ0n) is 14.9. The van der Waals surface area contributed by atoms with Gasteiger partial charge in [-0.2, -0.15) is 18.4 Å². The SMILES string of the molecule is COc1cccc(-c2csc(/C(C#N)=C\Nc3ccc(Cl)c(C(F)(F)F)c3)n2)c1. The van der Waals surface area contributed by atoms with Crippen LogP contribution in [0, 0.1) is 11.3 Å². The summed E-state index contributed by atoms with van der Waals surface area (Å²) in [4.78, 5) is 4.44. The first kappa shape index (κ1) is 20.7. The Morgan fingerprint density at radius 3 is 2.76 bits per heavy atom. The van der Waals surface area contributed by atoms with Crippen molar-refractivity contribution in [1.82, 2.24) is 4.98 Å². The van der Waals surface area contributed by atoms with E-state index >= 15 is 0 Å². The molecule has 0 atom stereocenters. The lowest BCUT2D eigenvalue weighted by atomic mass is 10.1. The number of allylic oxidation sites excluding steroid dienone is 1. The number of nitriles is 1. The highest BCUT2D eigenvalue weighted by Crippen LogP contribution is 2.36. The number of anilines is 1. The van der Waals surface area contributed by atoms with E-state index in [-0.39, 0.29) is 11.3 Å². The molecule has 0 aliphatic rings. The Labute approximate surface area is 173 Å². The molecule has 0 amide bonds. The summed E-state index contributed by atoms with van der Waals surface area (Å²) in [5, 5.41) is 14.0. The predicted octanol–water partition coefficient (Wildman–Crippen LogP) is 6.47. The second kappa shape index (κ2) is 8.55. The van der Waals surface area contributed by atoms with Gasteiger partial charge >= 0.3 is 6.18 Å². The Hall–Kier alpha value is -3.02. The highest BCUT2D eigenvalue weighted by atomic mass is 35.5. The number of halogens is 4. The minimum atomic E-state index is -4.57. The molecule has 0 saturated carbocycles. The molecule has 3 aromatic rings. The van der Waals surface area contributed by atoms with Gasteiger partial charge < -0.3 is 10.1 Å². The number of nitrogens with one attached hydrogen (secondary N) is 1. The summed E-state index contributed by atoms with van der Waals surface area (Å²) in [6, 6.07) is 12.8. The number of ether oxygens (including phenoxy) is 1. The van der Waals surface area contributed by atoms with Crippen LogP contribution in [0.5, 0.6) is 5.75 Å². The largest absolute Gasteiger partial charge is 0.497 e. The molecule has 1 N–H and O–H groups in total. The van der Waals surface area contributed by atoms with E-state index in [4.69, 9.17) is 16.3 Å². The maximum atomic E-state index is 13.0. The molecule has 1 aromatic heterocycles. The van der Waals surface area contributed by atoms with Crippen molar-refractivity contribution < 1.29 is 17.9 Å². The van der Waals surface area contributed by atoms with Crippen molar-refractivity contribution in [3.8, 4) is 23.1 Å². The van der Waals surface area contributed by atoms with Crippen LogP contribution in [-0.2, 0) is 6.18 Å². The van der Waals surface area contributed by atoms with E-state index in [1.807, 2.05) is 30.3 Å². The zero-order valence-corrected chi connectivity index (χ0v) is 16.5. The minimum Gasteiger partial charge on any atom is -0.497 e. The number of hydrogen-bond acceptors (Lipinski definition) is 5. The fraction of sp³-hybridized carbons (Fsp3) is 0.100. The van der Waals surface area contributed by atoms with Crippen molar-refractivity contribution in [3.05, 3.63) is 69.6 Å². The summed E-state index contributed by atoms with van der Waals surface area (Å²) < 4.78 is 44.1. The normalized spacial score (nSPS) is 11.8. The molecule has 0 saturated heterocycles. The number of hydrogen-bond donors (Lipinski definition) is 1. The first-order valence-corrected chi connectivity index (χ1v) is 9.41. The Morgan fingerprint density at radius 2 is 2.07 bits per heavy atom. The second-order valence-electron chi connectivity index (χ2n) is 5.78. The van der Waals surface area contributed by atoms with E-state index < -0.39 is 16.8 Å². The van der Waals surface area contributed by atoms with Gasteiger partial charge in [0.1, 0.15) is 22.4 Å². The minimum absolute atomic E-state index is 0.152. The molecular formula is C20H13ClF3N3OS. The lowest BCUT2D eigenvalue weighted by molar-refractivity contribution is -0.137. The van der Waals surface area contributed by atoms with E-state index in [9.17, 15) is 18.4 Å². The van der Waals surface area contributed by atoms with Gasteiger partial charge in [-0.3, -0.25) is 0 Å². The molecule has 0 bridgehead atoms. The van der Waals surface area contributed by atoms with Gasteiger partial charge in [0, 0.05) is 22.8 Å². The highest BCUT2D eigenvalue weighted by Gasteiger charge is 2.33. The van der Waals surface area contributed by atoms with E-state index in [0.717, 1.165) is 17.7 Å². The summed E-state index contributed by atoms with van der Waals surface area (Å²) in [6.45, 7) is 0.